The highest BCUT2D eigenvalue weighted by molar-refractivity contribution is 6.32. The molecule has 0 unspecified atom stereocenters. The minimum Gasteiger partial charge on any atom is -0.366 e. The van der Waals surface area contributed by atoms with Crippen LogP contribution in [-0.4, -0.2) is 66.6 Å². The van der Waals surface area contributed by atoms with E-state index in [0.717, 1.165) is 44.0 Å². The Hall–Kier alpha value is -2.91. The maximum atomic E-state index is 11.7. The van der Waals surface area contributed by atoms with Crippen molar-refractivity contribution < 1.29 is 9.59 Å². The predicted molar refractivity (Wildman–Crippen MR) is 117 cm³/mol. The summed E-state index contributed by atoms with van der Waals surface area (Å²) < 4.78 is 0. The van der Waals surface area contributed by atoms with E-state index in [0.29, 0.717) is 23.2 Å². The normalized spacial score (nSPS) is 14.3. The molecule has 0 spiro atoms. The Balaban J connectivity index is 1.56. The van der Waals surface area contributed by atoms with Gasteiger partial charge in [-0.25, -0.2) is 14.8 Å². The first kappa shape index (κ1) is 21.8. The lowest BCUT2D eigenvalue weighted by Gasteiger charge is -2.36. The van der Waals surface area contributed by atoms with Crippen LogP contribution in [-0.2, 0) is 6.54 Å². The number of nitrogens with zero attached hydrogens (tertiary/aromatic N) is 4. The van der Waals surface area contributed by atoms with Gasteiger partial charge in [-0.2, -0.15) is 0 Å². The molecular weight excluding hydrogens is 406 g/mol. The average molecular weight is 432 g/mol. The Bertz CT molecular complexity index is 900. The second-order valence-corrected chi connectivity index (χ2v) is 7.24. The van der Waals surface area contributed by atoms with Crippen LogP contribution >= 0.6 is 11.6 Å². The number of aromatic nitrogens is 2. The van der Waals surface area contributed by atoms with Crippen molar-refractivity contribution >= 4 is 35.0 Å². The fourth-order valence-electron chi connectivity index (χ4n) is 3.28. The van der Waals surface area contributed by atoms with Gasteiger partial charge in [0.05, 0.1) is 5.69 Å². The van der Waals surface area contributed by atoms with E-state index in [1.807, 2.05) is 25.1 Å². The third-order valence-electron chi connectivity index (χ3n) is 4.81. The van der Waals surface area contributed by atoms with Gasteiger partial charge >= 0.3 is 6.03 Å². The topological polar surface area (TPSA) is 102 Å². The van der Waals surface area contributed by atoms with Gasteiger partial charge in [-0.05, 0) is 36.8 Å². The van der Waals surface area contributed by atoms with Crippen molar-refractivity contribution in [3.05, 3.63) is 46.9 Å². The minimum atomic E-state index is -0.260. The third-order valence-corrected chi connectivity index (χ3v) is 5.09. The number of halogens is 1. The summed E-state index contributed by atoms with van der Waals surface area (Å²) in [5.41, 5.74) is 2.22. The number of anilines is 2. The summed E-state index contributed by atoms with van der Waals surface area (Å²) in [5, 5.41) is 8.30. The van der Waals surface area contributed by atoms with Gasteiger partial charge in [-0.15, -0.1) is 0 Å². The molecule has 30 heavy (non-hydrogen) atoms. The summed E-state index contributed by atoms with van der Waals surface area (Å²) in [6, 6.07) is 7.11. The number of pyridine rings is 2. The molecule has 1 aliphatic rings. The van der Waals surface area contributed by atoms with Gasteiger partial charge in [0.15, 0.2) is 5.15 Å². The number of rotatable bonds is 6. The van der Waals surface area contributed by atoms with Gasteiger partial charge in [0.1, 0.15) is 11.5 Å². The number of amides is 3. The number of carbonyl (C=O) groups is 2. The molecule has 3 heterocycles. The van der Waals surface area contributed by atoms with E-state index < -0.39 is 0 Å². The molecule has 10 heteroatoms. The van der Waals surface area contributed by atoms with E-state index in [1.54, 1.807) is 19.3 Å². The Morgan fingerprint density at radius 1 is 1.17 bits per heavy atom. The largest absolute Gasteiger partial charge is 0.366 e. The summed E-state index contributed by atoms with van der Waals surface area (Å²) in [4.78, 5) is 36.3. The molecule has 3 amide bonds. The van der Waals surface area contributed by atoms with Crippen molar-refractivity contribution in [1.29, 1.82) is 0 Å². The summed E-state index contributed by atoms with van der Waals surface area (Å²) in [6.45, 7) is 6.50. The van der Waals surface area contributed by atoms with Crippen LogP contribution in [0.1, 0.15) is 23.0 Å². The molecule has 3 N–H and O–H groups in total. The number of hydrogen-bond donors (Lipinski definition) is 3. The highest BCUT2D eigenvalue weighted by atomic mass is 35.5. The summed E-state index contributed by atoms with van der Waals surface area (Å²) in [6.07, 6.45) is 1.70. The van der Waals surface area contributed by atoms with Crippen LogP contribution in [0.2, 0.25) is 5.15 Å². The lowest BCUT2D eigenvalue weighted by Crippen LogP contribution is -2.46. The number of piperazine rings is 1. The van der Waals surface area contributed by atoms with E-state index in [-0.39, 0.29) is 11.9 Å². The molecule has 0 bridgehead atoms. The second kappa shape index (κ2) is 10.2. The number of urea groups is 1. The number of nitrogens with one attached hydrogen (secondary N) is 3. The maximum absolute atomic E-state index is 11.7. The van der Waals surface area contributed by atoms with Gasteiger partial charge in [-0.3, -0.25) is 15.0 Å². The Kier molecular flexibility index (Phi) is 7.42. The predicted octanol–water partition coefficient (Wildman–Crippen LogP) is 1.95. The Morgan fingerprint density at radius 2 is 1.93 bits per heavy atom. The third kappa shape index (κ3) is 5.58. The molecule has 9 nitrogen and oxygen atoms in total. The molecule has 1 saturated heterocycles. The average Bonchev–Trinajstić information content (AvgIpc) is 2.74. The van der Waals surface area contributed by atoms with Gasteiger partial charge in [0, 0.05) is 52.5 Å². The fourth-order valence-corrected chi connectivity index (χ4v) is 3.56. The van der Waals surface area contributed by atoms with Crippen LogP contribution in [0.3, 0.4) is 0 Å². The van der Waals surface area contributed by atoms with E-state index in [4.69, 9.17) is 11.6 Å². The van der Waals surface area contributed by atoms with Crippen molar-refractivity contribution in [3.63, 3.8) is 0 Å². The Labute approximate surface area is 180 Å². The lowest BCUT2D eigenvalue weighted by molar-refractivity contribution is 0.0958. The summed E-state index contributed by atoms with van der Waals surface area (Å²) in [7, 11) is 1.56. The molecule has 1 fully saturated rings. The molecule has 3 rings (SSSR count). The number of hydrogen-bond acceptors (Lipinski definition) is 6. The molecule has 0 aliphatic carbocycles. The standard InChI is InChI=1S/C20H26ClN7O2/c1-3-23-20(30)26-17-12-14(6-7-24-17)13-27-8-10-28(11-9-27)16-5-4-15(19(29)22-2)25-18(16)21/h4-7,12H,3,8-11,13H2,1-2H3,(H,22,29)(H2,23,24,26,30). The first-order valence-electron chi connectivity index (χ1n) is 9.86. The van der Waals surface area contributed by atoms with E-state index in [2.05, 4.69) is 35.7 Å². The highest BCUT2D eigenvalue weighted by Gasteiger charge is 2.20. The first-order valence-corrected chi connectivity index (χ1v) is 10.2. The van der Waals surface area contributed by atoms with Crippen LogP contribution in [0.4, 0.5) is 16.3 Å². The van der Waals surface area contributed by atoms with Crippen molar-refractivity contribution in [2.45, 2.75) is 13.5 Å². The second-order valence-electron chi connectivity index (χ2n) is 6.88. The molecule has 0 atom stereocenters. The van der Waals surface area contributed by atoms with Crippen molar-refractivity contribution in [2.75, 3.05) is 50.0 Å². The zero-order valence-corrected chi connectivity index (χ0v) is 17.9. The van der Waals surface area contributed by atoms with Crippen molar-refractivity contribution in [3.8, 4) is 0 Å². The van der Waals surface area contributed by atoms with E-state index in [1.165, 1.54) is 0 Å². The smallest absolute Gasteiger partial charge is 0.320 e. The van der Waals surface area contributed by atoms with E-state index >= 15 is 0 Å². The molecule has 160 valence electrons. The van der Waals surface area contributed by atoms with Gasteiger partial charge in [0.2, 0.25) is 0 Å². The molecule has 1 aliphatic heterocycles. The lowest BCUT2D eigenvalue weighted by atomic mass is 10.2. The maximum Gasteiger partial charge on any atom is 0.320 e. The molecule has 0 radical (unpaired) electrons. The Morgan fingerprint density at radius 3 is 2.60 bits per heavy atom. The van der Waals surface area contributed by atoms with Gasteiger partial charge in [-0.1, -0.05) is 11.6 Å². The fraction of sp³-hybridized carbons (Fsp3) is 0.400. The zero-order chi connectivity index (χ0) is 21.5. The highest BCUT2D eigenvalue weighted by Crippen LogP contribution is 2.25. The zero-order valence-electron chi connectivity index (χ0n) is 17.1. The summed E-state index contributed by atoms with van der Waals surface area (Å²) in [5.74, 6) is 0.276. The van der Waals surface area contributed by atoms with Gasteiger partial charge < -0.3 is 15.5 Å². The molecular formula is C20H26ClN7O2. The first-order chi connectivity index (χ1) is 14.5. The summed E-state index contributed by atoms with van der Waals surface area (Å²) >= 11 is 6.32. The van der Waals surface area contributed by atoms with Crippen LogP contribution in [0, 0.1) is 0 Å². The van der Waals surface area contributed by atoms with E-state index in [9.17, 15) is 9.59 Å². The van der Waals surface area contributed by atoms with Crippen LogP contribution < -0.4 is 20.9 Å². The molecule has 0 saturated carbocycles. The van der Waals surface area contributed by atoms with Crippen molar-refractivity contribution in [1.82, 2.24) is 25.5 Å². The van der Waals surface area contributed by atoms with Crippen LogP contribution in [0.15, 0.2) is 30.5 Å². The number of carbonyl (C=O) groups excluding carboxylic acids is 2. The molecule has 2 aromatic heterocycles. The van der Waals surface area contributed by atoms with Gasteiger partial charge in [0.25, 0.3) is 5.91 Å². The SMILES string of the molecule is CCNC(=O)Nc1cc(CN2CCN(c3ccc(C(=O)NC)nc3Cl)CC2)ccn1. The molecule has 2 aromatic rings. The molecule has 0 aromatic carbocycles. The van der Waals surface area contributed by atoms with Crippen LogP contribution in [0.25, 0.3) is 0 Å². The van der Waals surface area contributed by atoms with Crippen molar-refractivity contribution in [2.24, 2.45) is 0 Å². The van der Waals surface area contributed by atoms with Crippen LogP contribution in [0.5, 0.6) is 0 Å². The quantitative estimate of drug-likeness (QED) is 0.604. The monoisotopic (exact) mass is 431 g/mol. The minimum absolute atomic E-state index is 0.258.